The fourth-order valence-corrected chi connectivity index (χ4v) is 3.74. The van der Waals surface area contributed by atoms with Gasteiger partial charge in [-0.25, -0.2) is 0 Å². The zero-order valence-corrected chi connectivity index (χ0v) is 7.66. The Balaban J connectivity index is 4.07. The summed E-state index contributed by atoms with van der Waals surface area (Å²) in [5.41, 5.74) is 0. The molecule has 9 heavy (non-hydrogen) atoms. The fourth-order valence-electron chi connectivity index (χ4n) is 0.139. The molecule has 0 rings (SSSR count). The standard InChI is InChI=1S/As2H4O7/c3-1(4,5)9-2(6,7)8/h(H2,3,4,5)(H2,6,7,8). The van der Waals surface area contributed by atoms with Crippen LogP contribution in [0.2, 0.25) is 0 Å². The van der Waals surface area contributed by atoms with Gasteiger partial charge in [0, 0.05) is 0 Å². The average molecular weight is 266 g/mol. The molecule has 7 nitrogen and oxygen atoms in total. The van der Waals surface area contributed by atoms with Crippen LogP contribution < -0.4 is 0 Å². The first-order valence-corrected chi connectivity index (χ1v) is 7.95. The SMILES string of the molecule is O=[As](O)(O)O[As](=O)(O)O. The summed E-state index contributed by atoms with van der Waals surface area (Å²) in [6.07, 6.45) is 0. The van der Waals surface area contributed by atoms with E-state index in [1.165, 1.54) is 0 Å². The minimum atomic E-state index is -5.58. The Hall–Kier alpha value is 0.517. The molecule has 0 atom stereocenters. The Morgan fingerprint density at radius 2 is 1.11 bits per heavy atom. The predicted molar refractivity (Wildman–Crippen MR) is 22.8 cm³/mol. The molecule has 0 radical (unpaired) electrons. The van der Waals surface area contributed by atoms with Crippen LogP contribution in [0.15, 0.2) is 0 Å². The molecule has 0 saturated heterocycles. The molecule has 0 fully saturated rings. The van der Waals surface area contributed by atoms with Gasteiger partial charge in [-0.1, -0.05) is 0 Å². The van der Waals surface area contributed by atoms with E-state index in [1.54, 1.807) is 0 Å². The van der Waals surface area contributed by atoms with Crippen molar-refractivity contribution in [2.45, 2.75) is 0 Å². The van der Waals surface area contributed by atoms with Gasteiger partial charge < -0.3 is 0 Å². The summed E-state index contributed by atoms with van der Waals surface area (Å²) < 4.78 is 53.8. The van der Waals surface area contributed by atoms with Gasteiger partial charge in [0.2, 0.25) is 0 Å². The van der Waals surface area contributed by atoms with Crippen molar-refractivity contribution < 1.29 is 26.6 Å². The van der Waals surface area contributed by atoms with E-state index in [-0.39, 0.29) is 0 Å². The number of rotatable bonds is 2. The van der Waals surface area contributed by atoms with E-state index in [0.29, 0.717) is 0 Å². The first kappa shape index (κ1) is 9.52. The van der Waals surface area contributed by atoms with Crippen LogP contribution in [-0.2, 0) is 10.2 Å². The van der Waals surface area contributed by atoms with Crippen LogP contribution in [0.1, 0.15) is 0 Å². The van der Waals surface area contributed by atoms with Crippen LogP contribution in [0, 0.1) is 0 Å². The summed E-state index contributed by atoms with van der Waals surface area (Å²) in [7, 11) is 0. The van der Waals surface area contributed by atoms with Gasteiger partial charge in [0.05, 0.1) is 0 Å². The van der Waals surface area contributed by atoms with E-state index in [2.05, 4.69) is 2.72 Å². The first-order chi connectivity index (χ1) is 3.71. The maximum atomic E-state index is 9.70. The summed E-state index contributed by atoms with van der Waals surface area (Å²) in [6, 6.07) is 0. The van der Waals surface area contributed by atoms with Gasteiger partial charge >= 0.3 is 55.6 Å². The summed E-state index contributed by atoms with van der Waals surface area (Å²) in [5.74, 6) is 0. The van der Waals surface area contributed by atoms with Crippen molar-refractivity contribution in [3.05, 3.63) is 0 Å². The average Bonchev–Trinajstić information content (AvgIpc) is 1.14. The quantitative estimate of drug-likeness (QED) is 0.386. The maximum absolute atomic E-state index is 9.70. The van der Waals surface area contributed by atoms with E-state index in [4.69, 9.17) is 16.4 Å². The van der Waals surface area contributed by atoms with Crippen molar-refractivity contribution in [1.82, 2.24) is 0 Å². The molecule has 0 saturated carbocycles. The van der Waals surface area contributed by atoms with Gasteiger partial charge in [0.25, 0.3) is 0 Å². The molecule has 0 aromatic carbocycles. The molecule has 56 valence electrons. The Kier molecular flexibility index (Phi) is 2.79. The molecule has 0 aliphatic heterocycles. The molecule has 0 bridgehead atoms. The van der Waals surface area contributed by atoms with Crippen LogP contribution in [-0.4, -0.2) is 45.4 Å². The molecule has 0 aromatic heterocycles. The second-order valence-corrected chi connectivity index (χ2v) is 7.30. The van der Waals surface area contributed by atoms with Gasteiger partial charge in [0.1, 0.15) is 0 Å². The summed E-state index contributed by atoms with van der Waals surface area (Å²) in [5, 5.41) is 0. The van der Waals surface area contributed by atoms with Crippen molar-refractivity contribution in [3.8, 4) is 0 Å². The molecule has 0 unspecified atom stereocenters. The van der Waals surface area contributed by atoms with Crippen LogP contribution in [0.25, 0.3) is 0 Å². The summed E-state index contributed by atoms with van der Waals surface area (Å²) in [4.78, 5) is 0. The normalized spacial score (nSPS) is 13.8. The van der Waals surface area contributed by atoms with Gasteiger partial charge in [0.15, 0.2) is 0 Å². The molecular formula is H4As2O7. The molecule has 0 amide bonds. The van der Waals surface area contributed by atoms with Crippen LogP contribution in [0.5, 0.6) is 0 Å². The minimum absolute atomic E-state index is 3.08. The van der Waals surface area contributed by atoms with E-state index in [1.807, 2.05) is 0 Å². The third-order valence-corrected chi connectivity index (χ3v) is 5.74. The van der Waals surface area contributed by atoms with E-state index in [9.17, 15) is 7.48 Å². The molecule has 0 aromatic rings. The van der Waals surface area contributed by atoms with Crippen molar-refractivity contribution in [2.75, 3.05) is 0 Å². The Labute approximate surface area is 56.0 Å². The Bertz CT molecular complexity index is 147. The zero-order chi connectivity index (χ0) is 7.71. The van der Waals surface area contributed by atoms with Crippen molar-refractivity contribution >= 4 is 29.0 Å². The van der Waals surface area contributed by atoms with Crippen LogP contribution in [0.3, 0.4) is 0 Å². The molecular weight excluding hydrogens is 262 g/mol. The second kappa shape index (κ2) is 2.63. The van der Waals surface area contributed by atoms with Gasteiger partial charge in [-0.3, -0.25) is 0 Å². The number of hydrogen-bond acceptors (Lipinski definition) is 3. The van der Waals surface area contributed by atoms with E-state index in [0.717, 1.165) is 0 Å². The monoisotopic (exact) mass is 266 g/mol. The fraction of sp³-hybridized carbons (Fsp3) is 0. The van der Waals surface area contributed by atoms with Gasteiger partial charge in [-0.05, 0) is 0 Å². The van der Waals surface area contributed by atoms with Crippen LogP contribution in [0.4, 0.5) is 0 Å². The van der Waals surface area contributed by atoms with Crippen molar-refractivity contribution in [2.24, 2.45) is 0 Å². The Morgan fingerprint density at radius 1 is 0.889 bits per heavy atom. The third kappa shape index (κ3) is 8.52. The van der Waals surface area contributed by atoms with Gasteiger partial charge in [-0.15, -0.1) is 0 Å². The van der Waals surface area contributed by atoms with E-state index < -0.39 is 29.0 Å². The van der Waals surface area contributed by atoms with Gasteiger partial charge in [-0.2, -0.15) is 0 Å². The predicted octanol–water partition coefficient (Wildman–Crippen LogP) is -3.30. The third-order valence-electron chi connectivity index (χ3n) is 0.213. The topological polar surface area (TPSA) is 124 Å². The van der Waals surface area contributed by atoms with Crippen molar-refractivity contribution in [1.29, 1.82) is 0 Å². The van der Waals surface area contributed by atoms with E-state index >= 15 is 0 Å². The molecule has 4 N–H and O–H groups in total. The summed E-state index contributed by atoms with van der Waals surface area (Å²) in [6.45, 7) is 0. The van der Waals surface area contributed by atoms with Crippen molar-refractivity contribution in [3.63, 3.8) is 0 Å². The van der Waals surface area contributed by atoms with Crippen LogP contribution >= 0.6 is 0 Å². The zero-order valence-electron chi connectivity index (χ0n) is 3.91. The number of hydrogen-bond donors (Lipinski definition) is 4. The first-order valence-electron chi connectivity index (χ1n) is 1.53. The molecule has 0 heterocycles. The molecule has 9 heteroatoms. The molecule has 0 aliphatic carbocycles. The second-order valence-electron chi connectivity index (χ2n) is 1.06. The molecule has 0 aliphatic rings. The Morgan fingerprint density at radius 3 is 1.11 bits per heavy atom. The summed E-state index contributed by atoms with van der Waals surface area (Å²) >= 11 is -11.2. The molecule has 0 spiro atoms.